The van der Waals surface area contributed by atoms with E-state index in [0.717, 1.165) is 0 Å². The third-order valence-electron chi connectivity index (χ3n) is 3.99. The molecule has 2 rings (SSSR count). The molecule has 1 aliphatic carbocycles. The van der Waals surface area contributed by atoms with E-state index >= 15 is 0 Å². The monoisotopic (exact) mass is 212 g/mol. The number of aliphatic hydroxyl groups is 1. The fourth-order valence-electron chi connectivity index (χ4n) is 2.87. The molecule has 1 N–H and O–H groups in total. The fourth-order valence-corrected chi connectivity index (χ4v) is 2.87. The van der Waals surface area contributed by atoms with Gasteiger partial charge in [-0.1, -0.05) is 26.0 Å². The summed E-state index contributed by atoms with van der Waals surface area (Å²) in [7, 11) is 1.71. The second-order valence-electron chi connectivity index (χ2n) is 4.85. The van der Waals surface area contributed by atoms with E-state index in [1.165, 1.54) is 0 Å². The molecule has 1 fully saturated rings. The van der Waals surface area contributed by atoms with Crippen molar-refractivity contribution in [3.8, 4) is 0 Å². The summed E-state index contributed by atoms with van der Waals surface area (Å²) in [6.45, 7) is 5.24. The van der Waals surface area contributed by atoms with Crippen molar-refractivity contribution in [2.45, 2.75) is 25.6 Å². The molecule has 0 unspecified atom stereocenters. The lowest BCUT2D eigenvalue weighted by molar-refractivity contribution is -0.0958. The van der Waals surface area contributed by atoms with Crippen molar-refractivity contribution in [3.63, 3.8) is 0 Å². The van der Waals surface area contributed by atoms with Crippen LogP contribution < -0.4 is 0 Å². The molecule has 0 saturated carbocycles. The van der Waals surface area contributed by atoms with Crippen LogP contribution in [0, 0.1) is 17.8 Å². The van der Waals surface area contributed by atoms with Gasteiger partial charge < -0.3 is 14.6 Å². The van der Waals surface area contributed by atoms with Gasteiger partial charge in [-0.2, -0.15) is 0 Å². The molecule has 5 atom stereocenters. The highest BCUT2D eigenvalue weighted by Crippen LogP contribution is 2.40. The van der Waals surface area contributed by atoms with E-state index in [4.69, 9.17) is 9.47 Å². The lowest BCUT2D eigenvalue weighted by Gasteiger charge is -2.36. The largest absolute Gasteiger partial charge is 0.386 e. The highest BCUT2D eigenvalue weighted by Gasteiger charge is 2.50. The minimum Gasteiger partial charge on any atom is -0.386 e. The lowest BCUT2D eigenvalue weighted by atomic mass is 9.77. The standard InChI is InChI=1S/C12H20O3/c1-8-4-5-10-6-15-7-12(10,13)9(2)11(8)14-3/h4-5,8-11,13H,6-7H2,1-3H3/t8-,9-,10+,11-,12+/m0/s1. The van der Waals surface area contributed by atoms with Gasteiger partial charge in [-0.25, -0.2) is 0 Å². The van der Waals surface area contributed by atoms with Crippen LogP contribution in [0.5, 0.6) is 0 Å². The van der Waals surface area contributed by atoms with E-state index in [1.807, 2.05) is 0 Å². The van der Waals surface area contributed by atoms with Crippen molar-refractivity contribution in [1.29, 1.82) is 0 Å². The van der Waals surface area contributed by atoms with Gasteiger partial charge in [-0.15, -0.1) is 0 Å². The van der Waals surface area contributed by atoms with Gasteiger partial charge in [-0.05, 0) is 0 Å². The van der Waals surface area contributed by atoms with E-state index in [2.05, 4.69) is 26.0 Å². The normalized spacial score (nSPS) is 50.1. The minimum atomic E-state index is -0.748. The average molecular weight is 212 g/mol. The molecule has 2 aliphatic rings. The van der Waals surface area contributed by atoms with Gasteiger partial charge in [0.1, 0.15) is 5.60 Å². The SMILES string of the molecule is CO[C@H]1[C@@H](C)C=C[C@@H]2COC[C@@]2(O)[C@H]1C. The first-order chi connectivity index (χ1) is 7.09. The van der Waals surface area contributed by atoms with Crippen molar-refractivity contribution in [2.24, 2.45) is 17.8 Å². The highest BCUT2D eigenvalue weighted by atomic mass is 16.5. The lowest BCUT2D eigenvalue weighted by Crippen LogP contribution is -2.48. The molecule has 15 heavy (non-hydrogen) atoms. The zero-order chi connectivity index (χ0) is 11.1. The minimum absolute atomic E-state index is 0.0675. The molecule has 3 heteroatoms. The van der Waals surface area contributed by atoms with Gasteiger partial charge in [0.2, 0.25) is 0 Å². The van der Waals surface area contributed by atoms with Crippen LogP contribution >= 0.6 is 0 Å². The summed E-state index contributed by atoms with van der Waals surface area (Å²) in [5.41, 5.74) is -0.748. The van der Waals surface area contributed by atoms with Crippen molar-refractivity contribution < 1.29 is 14.6 Å². The van der Waals surface area contributed by atoms with E-state index in [1.54, 1.807) is 7.11 Å². The van der Waals surface area contributed by atoms with Gasteiger partial charge in [0, 0.05) is 24.9 Å². The van der Waals surface area contributed by atoms with E-state index < -0.39 is 5.60 Å². The van der Waals surface area contributed by atoms with Gasteiger partial charge in [0.25, 0.3) is 0 Å². The van der Waals surface area contributed by atoms with Crippen molar-refractivity contribution in [1.82, 2.24) is 0 Å². The maximum absolute atomic E-state index is 10.6. The molecular weight excluding hydrogens is 192 g/mol. The second-order valence-corrected chi connectivity index (χ2v) is 4.85. The van der Waals surface area contributed by atoms with E-state index in [-0.39, 0.29) is 17.9 Å². The van der Waals surface area contributed by atoms with Gasteiger partial charge in [-0.3, -0.25) is 0 Å². The van der Waals surface area contributed by atoms with Crippen LogP contribution in [0.3, 0.4) is 0 Å². The Morgan fingerprint density at radius 3 is 2.80 bits per heavy atom. The summed E-state index contributed by atoms with van der Waals surface area (Å²) in [6, 6.07) is 0. The first-order valence-corrected chi connectivity index (χ1v) is 5.61. The van der Waals surface area contributed by atoms with Crippen molar-refractivity contribution in [2.75, 3.05) is 20.3 Å². The number of fused-ring (bicyclic) bond motifs is 1. The predicted molar refractivity (Wildman–Crippen MR) is 57.5 cm³/mol. The Bertz CT molecular complexity index is 264. The molecule has 1 aliphatic heterocycles. The molecule has 86 valence electrons. The molecule has 0 spiro atoms. The molecule has 1 heterocycles. The Morgan fingerprint density at radius 1 is 1.40 bits per heavy atom. The molecule has 0 aromatic carbocycles. The van der Waals surface area contributed by atoms with Crippen LogP contribution in [0.2, 0.25) is 0 Å². The van der Waals surface area contributed by atoms with E-state index in [0.29, 0.717) is 19.1 Å². The Labute approximate surface area is 91.1 Å². The third kappa shape index (κ3) is 1.63. The number of ether oxygens (including phenoxy) is 2. The number of methoxy groups -OCH3 is 1. The summed E-state index contributed by atoms with van der Waals surface area (Å²) < 4.78 is 10.9. The summed E-state index contributed by atoms with van der Waals surface area (Å²) in [5, 5.41) is 10.6. The molecular formula is C12H20O3. The zero-order valence-corrected chi connectivity index (χ0v) is 9.64. The van der Waals surface area contributed by atoms with Gasteiger partial charge in [0.15, 0.2) is 0 Å². The molecule has 0 amide bonds. The summed E-state index contributed by atoms with van der Waals surface area (Å²) in [6.07, 6.45) is 4.30. The molecule has 0 radical (unpaired) electrons. The maximum Gasteiger partial charge on any atom is 0.101 e. The zero-order valence-electron chi connectivity index (χ0n) is 9.64. The molecule has 1 saturated heterocycles. The van der Waals surface area contributed by atoms with Gasteiger partial charge >= 0.3 is 0 Å². The van der Waals surface area contributed by atoms with Crippen LogP contribution in [-0.2, 0) is 9.47 Å². The van der Waals surface area contributed by atoms with E-state index in [9.17, 15) is 5.11 Å². The quantitative estimate of drug-likeness (QED) is 0.664. The fraction of sp³-hybridized carbons (Fsp3) is 0.833. The van der Waals surface area contributed by atoms with Crippen LogP contribution in [0.1, 0.15) is 13.8 Å². The Morgan fingerprint density at radius 2 is 2.13 bits per heavy atom. The van der Waals surface area contributed by atoms with Crippen LogP contribution in [0.15, 0.2) is 12.2 Å². The third-order valence-corrected chi connectivity index (χ3v) is 3.99. The number of hydrogen-bond acceptors (Lipinski definition) is 3. The summed E-state index contributed by atoms with van der Waals surface area (Å²) in [4.78, 5) is 0. The van der Waals surface area contributed by atoms with Crippen LogP contribution in [0.4, 0.5) is 0 Å². The summed E-state index contributed by atoms with van der Waals surface area (Å²) in [5.74, 6) is 0.565. The first kappa shape index (κ1) is 11.1. The maximum atomic E-state index is 10.6. The molecule has 0 aromatic heterocycles. The van der Waals surface area contributed by atoms with Crippen molar-refractivity contribution in [3.05, 3.63) is 12.2 Å². The van der Waals surface area contributed by atoms with Gasteiger partial charge in [0.05, 0.1) is 19.3 Å². The Hall–Kier alpha value is -0.380. The first-order valence-electron chi connectivity index (χ1n) is 5.61. The predicted octanol–water partition coefficient (Wildman–Crippen LogP) is 1.22. The number of hydrogen-bond donors (Lipinski definition) is 1. The Balaban J connectivity index is 2.31. The molecule has 0 aromatic rings. The van der Waals surface area contributed by atoms with Crippen molar-refractivity contribution >= 4 is 0 Å². The van der Waals surface area contributed by atoms with Crippen LogP contribution in [-0.4, -0.2) is 37.1 Å². The second kappa shape index (κ2) is 3.89. The topological polar surface area (TPSA) is 38.7 Å². The summed E-state index contributed by atoms with van der Waals surface area (Å²) >= 11 is 0. The average Bonchev–Trinajstić information content (AvgIpc) is 2.55. The number of rotatable bonds is 1. The van der Waals surface area contributed by atoms with Crippen LogP contribution in [0.25, 0.3) is 0 Å². The Kier molecular flexibility index (Phi) is 2.88. The highest BCUT2D eigenvalue weighted by molar-refractivity contribution is 5.12. The molecule has 3 nitrogen and oxygen atoms in total. The smallest absolute Gasteiger partial charge is 0.101 e. The molecule has 0 bridgehead atoms.